The average molecular weight is 423 g/mol. The van der Waals surface area contributed by atoms with Gasteiger partial charge in [0.15, 0.2) is 6.61 Å². The molecule has 120 valence electrons. The first-order chi connectivity index (χ1) is 11.0. The molecule has 0 saturated heterocycles. The van der Waals surface area contributed by atoms with E-state index in [-0.39, 0.29) is 12.5 Å². The maximum atomic E-state index is 11.7. The maximum Gasteiger partial charge on any atom is 0.265 e. The molecule has 1 N–H and O–H groups in total. The van der Waals surface area contributed by atoms with Crippen LogP contribution < -0.4 is 10.2 Å². The van der Waals surface area contributed by atoms with Gasteiger partial charge in [-0.3, -0.25) is 4.79 Å². The molecular weight excluding hydrogens is 405 g/mol. The fourth-order valence-electron chi connectivity index (χ4n) is 1.78. The van der Waals surface area contributed by atoms with Crippen LogP contribution in [-0.2, 0) is 9.63 Å². The first-order valence-electron chi connectivity index (χ1n) is 7.03. The smallest absolute Gasteiger partial charge is 0.265 e. The second-order valence-electron chi connectivity index (χ2n) is 5.05. The van der Waals surface area contributed by atoms with Gasteiger partial charge in [-0.25, -0.2) is 0 Å². The summed E-state index contributed by atoms with van der Waals surface area (Å²) in [6.45, 7) is -0.127. The lowest BCUT2D eigenvalue weighted by Crippen LogP contribution is -2.16. The summed E-state index contributed by atoms with van der Waals surface area (Å²) in [5.74, 6) is -0.244. The van der Waals surface area contributed by atoms with E-state index >= 15 is 0 Å². The molecule has 5 nitrogen and oxygen atoms in total. The summed E-state index contributed by atoms with van der Waals surface area (Å²) in [6, 6.07) is 15.4. The van der Waals surface area contributed by atoms with Gasteiger partial charge in [-0.2, -0.15) is 0 Å². The zero-order valence-corrected chi connectivity index (χ0v) is 15.1. The molecule has 23 heavy (non-hydrogen) atoms. The topological polar surface area (TPSA) is 53.9 Å². The van der Waals surface area contributed by atoms with Crippen LogP contribution in [0.1, 0.15) is 5.56 Å². The van der Waals surface area contributed by atoms with Gasteiger partial charge in [0.25, 0.3) is 5.91 Å². The molecule has 1 amide bonds. The second-order valence-corrected chi connectivity index (χ2v) is 6.29. The molecular formula is C17H18IN3O2. The Kier molecular flexibility index (Phi) is 6.40. The number of amides is 1. The van der Waals surface area contributed by atoms with Crippen molar-refractivity contribution in [2.75, 3.05) is 30.9 Å². The Morgan fingerprint density at radius 2 is 1.83 bits per heavy atom. The van der Waals surface area contributed by atoms with Crippen LogP contribution in [-0.4, -0.2) is 32.8 Å². The highest BCUT2D eigenvalue weighted by atomic mass is 127. The normalized spacial score (nSPS) is 10.6. The van der Waals surface area contributed by atoms with Crippen LogP contribution in [0, 0.1) is 3.57 Å². The van der Waals surface area contributed by atoms with Crippen molar-refractivity contribution >= 4 is 46.1 Å². The van der Waals surface area contributed by atoms with Gasteiger partial charge < -0.3 is 15.1 Å². The highest BCUT2D eigenvalue weighted by Crippen LogP contribution is 2.12. The molecule has 2 aromatic carbocycles. The quantitative estimate of drug-likeness (QED) is 0.441. The predicted molar refractivity (Wildman–Crippen MR) is 102 cm³/mol. The van der Waals surface area contributed by atoms with E-state index in [1.165, 1.54) is 0 Å². The van der Waals surface area contributed by atoms with Gasteiger partial charge in [0.05, 0.1) is 6.21 Å². The van der Waals surface area contributed by atoms with Gasteiger partial charge >= 0.3 is 0 Å². The minimum Gasteiger partial charge on any atom is -0.386 e. The van der Waals surface area contributed by atoms with Crippen LogP contribution in [0.3, 0.4) is 0 Å². The molecule has 0 spiro atoms. The van der Waals surface area contributed by atoms with Gasteiger partial charge in [0.2, 0.25) is 0 Å². The fraction of sp³-hybridized carbons (Fsp3) is 0.176. The Balaban J connectivity index is 1.77. The molecule has 0 saturated carbocycles. The van der Waals surface area contributed by atoms with Crippen molar-refractivity contribution < 1.29 is 9.63 Å². The van der Waals surface area contributed by atoms with Crippen molar-refractivity contribution in [2.45, 2.75) is 0 Å². The number of benzene rings is 2. The predicted octanol–water partition coefficient (Wildman–Crippen LogP) is 3.35. The molecule has 0 bridgehead atoms. The van der Waals surface area contributed by atoms with E-state index in [1.54, 1.807) is 6.21 Å². The molecule has 0 fully saturated rings. The van der Waals surface area contributed by atoms with E-state index in [9.17, 15) is 4.79 Å². The van der Waals surface area contributed by atoms with Crippen molar-refractivity contribution in [2.24, 2.45) is 5.16 Å². The number of anilines is 2. The van der Waals surface area contributed by atoms with Crippen LogP contribution >= 0.6 is 22.6 Å². The number of oxime groups is 1. The number of carbonyl (C=O) groups is 1. The van der Waals surface area contributed by atoms with Gasteiger partial charge in [-0.1, -0.05) is 17.3 Å². The molecule has 0 aliphatic rings. The Hall–Kier alpha value is -2.09. The summed E-state index contributed by atoms with van der Waals surface area (Å²) in [5, 5.41) is 6.55. The zero-order chi connectivity index (χ0) is 16.7. The average Bonchev–Trinajstić information content (AvgIpc) is 2.54. The number of halogens is 1. The minimum absolute atomic E-state index is 0.127. The van der Waals surface area contributed by atoms with Crippen LogP contribution in [0.25, 0.3) is 0 Å². The molecule has 0 aliphatic carbocycles. The summed E-state index contributed by atoms with van der Waals surface area (Å²) in [5.41, 5.74) is 2.76. The van der Waals surface area contributed by atoms with Crippen molar-refractivity contribution in [3.8, 4) is 0 Å². The molecule has 2 rings (SSSR count). The Morgan fingerprint density at radius 3 is 2.43 bits per heavy atom. The van der Waals surface area contributed by atoms with Crippen LogP contribution in [0.4, 0.5) is 11.4 Å². The zero-order valence-electron chi connectivity index (χ0n) is 13.0. The molecule has 0 unspecified atom stereocenters. The fourth-order valence-corrected chi connectivity index (χ4v) is 2.14. The van der Waals surface area contributed by atoms with Crippen molar-refractivity contribution in [1.29, 1.82) is 0 Å². The SMILES string of the molecule is CN(C)c1ccc(/C=N/OCC(=O)Nc2ccc(I)cc2)cc1. The van der Waals surface area contributed by atoms with Crippen molar-refractivity contribution in [1.82, 2.24) is 0 Å². The number of hydrogen-bond donors (Lipinski definition) is 1. The lowest BCUT2D eigenvalue weighted by Gasteiger charge is -2.11. The lowest BCUT2D eigenvalue weighted by molar-refractivity contribution is -0.120. The van der Waals surface area contributed by atoms with E-state index < -0.39 is 0 Å². The number of carbonyl (C=O) groups excluding carboxylic acids is 1. The highest BCUT2D eigenvalue weighted by molar-refractivity contribution is 14.1. The minimum atomic E-state index is -0.244. The molecule has 0 atom stereocenters. The third-order valence-corrected chi connectivity index (χ3v) is 3.73. The molecule has 0 aromatic heterocycles. The van der Waals surface area contributed by atoms with E-state index in [2.05, 4.69) is 33.1 Å². The first kappa shape index (κ1) is 17.3. The van der Waals surface area contributed by atoms with Crippen LogP contribution in [0.15, 0.2) is 53.7 Å². The maximum absolute atomic E-state index is 11.7. The first-order valence-corrected chi connectivity index (χ1v) is 8.10. The van der Waals surface area contributed by atoms with Crippen molar-refractivity contribution in [3.05, 3.63) is 57.7 Å². The van der Waals surface area contributed by atoms with Crippen LogP contribution in [0.5, 0.6) is 0 Å². The number of rotatable bonds is 6. The summed E-state index contributed by atoms with van der Waals surface area (Å²) in [6.07, 6.45) is 1.58. The number of nitrogens with zero attached hydrogens (tertiary/aromatic N) is 2. The van der Waals surface area contributed by atoms with Gasteiger partial charge in [-0.05, 0) is 64.6 Å². The van der Waals surface area contributed by atoms with Crippen LogP contribution in [0.2, 0.25) is 0 Å². The van der Waals surface area contributed by atoms with Crippen molar-refractivity contribution in [3.63, 3.8) is 0 Å². The summed E-state index contributed by atoms with van der Waals surface area (Å²) >= 11 is 2.21. The highest BCUT2D eigenvalue weighted by Gasteiger charge is 2.02. The Bertz CT molecular complexity index is 667. The monoisotopic (exact) mass is 423 g/mol. The number of hydrogen-bond acceptors (Lipinski definition) is 4. The third kappa shape index (κ3) is 5.90. The van der Waals surface area contributed by atoms with E-state index in [4.69, 9.17) is 4.84 Å². The standard InChI is InChI=1S/C17H18IN3O2/c1-21(2)16-9-3-13(4-10-16)11-19-23-12-17(22)20-15-7-5-14(18)6-8-15/h3-11H,12H2,1-2H3,(H,20,22)/b19-11+. The van der Waals surface area contributed by atoms with E-state index in [1.807, 2.05) is 67.5 Å². The van der Waals surface area contributed by atoms with Gasteiger partial charge in [-0.15, -0.1) is 0 Å². The number of nitrogens with one attached hydrogen (secondary N) is 1. The molecule has 0 heterocycles. The van der Waals surface area contributed by atoms with Gasteiger partial charge in [0.1, 0.15) is 0 Å². The third-order valence-electron chi connectivity index (χ3n) is 3.01. The second kappa shape index (κ2) is 8.52. The Morgan fingerprint density at radius 1 is 1.17 bits per heavy atom. The summed E-state index contributed by atoms with van der Waals surface area (Å²) < 4.78 is 1.11. The summed E-state index contributed by atoms with van der Waals surface area (Å²) in [4.78, 5) is 18.7. The Labute approximate surface area is 149 Å². The van der Waals surface area contributed by atoms with Gasteiger partial charge in [0, 0.05) is 29.0 Å². The molecule has 0 aliphatic heterocycles. The lowest BCUT2D eigenvalue weighted by atomic mass is 10.2. The van der Waals surface area contributed by atoms with E-state index in [0.29, 0.717) is 0 Å². The molecule has 6 heteroatoms. The summed E-state index contributed by atoms with van der Waals surface area (Å²) in [7, 11) is 3.97. The molecule has 0 radical (unpaired) electrons. The molecule has 2 aromatic rings. The largest absolute Gasteiger partial charge is 0.386 e. The van der Waals surface area contributed by atoms with E-state index in [0.717, 1.165) is 20.5 Å².